The van der Waals surface area contributed by atoms with Gasteiger partial charge in [-0.2, -0.15) is 0 Å². The topological polar surface area (TPSA) is 18.5 Å². The summed E-state index contributed by atoms with van der Waals surface area (Å²) >= 11 is 1.64. The van der Waals surface area contributed by atoms with E-state index in [1.807, 2.05) is 36.4 Å². The highest BCUT2D eigenvalue weighted by Gasteiger charge is 2.29. The Balaban J connectivity index is 1.49. The van der Waals surface area contributed by atoms with E-state index in [1.54, 1.807) is 11.3 Å². The number of benzene rings is 3. The summed E-state index contributed by atoms with van der Waals surface area (Å²) in [5, 5.41) is 0.844. The largest absolute Gasteiger partial charge is 0.446 e. The first kappa shape index (κ1) is 15.2. The molecule has 0 bridgehead atoms. The van der Waals surface area contributed by atoms with Crippen LogP contribution in [0.1, 0.15) is 11.9 Å². The van der Waals surface area contributed by atoms with Crippen LogP contribution in [0.5, 0.6) is 10.8 Å². The van der Waals surface area contributed by atoms with Gasteiger partial charge < -0.3 is 9.47 Å². The van der Waals surface area contributed by atoms with E-state index >= 15 is 0 Å². The SMILES string of the molecule is c1ccc(-c2ccccc2-c2cc3c(s2)OC(c2ccccc2)O3)cc1. The van der Waals surface area contributed by atoms with Gasteiger partial charge in [-0.1, -0.05) is 96.3 Å². The van der Waals surface area contributed by atoms with Gasteiger partial charge in [0.05, 0.1) is 0 Å². The van der Waals surface area contributed by atoms with Gasteiger partial charge in [0.25, 0.3) is 6.29 Å². The summed E-state index contributed by atoms with van der Waals surface area (Å²) in [6, 6.07) is 31.0. The van der Waals surface area contributed by atoms with Gasteiger partial charge in [0.15, 0.2) is 5.75 Å². The molecule has 1 aliphatic heterocycles. The smallest absolute Gasteiger partial charge is 0.268 e. The zero-order chi connectivity index (χ0) is 17.3. The second-order valence-corrected chi connectivity index (χ2v) is 7.17. The van der Waals surface area contributed by atoms with Crippen molar-refractivity contribution in [3.05, 3.63) is 96.6 Å². The Labute approximate surface area is 156 Å². The van der Waals surface area contributed by atoms with Gasteiger partial charge in [0.1, 0.15) is 0 Å². The van der Waals surface area contributed by atoms with Crippen molar-refractivity contribution in [1.29, 1.82) is 0 Å². The van der Waals surface area contributed by atoms with Crippen molar-refractivity contribution < 1.29 is 9.47 Å². The van der Waals surface area contributed by atoms with Crippen molar-refractivity contribution in [3.8, 4) is 32.4 Å². The van der Waals surface area contributed by atoms with E-state index in [1.165, 1.54) is 16.7 Å². The third kappa shape index (κ3) is 2.67. The molecule has 1 aromatic heterocycles. The van der Waals surface area contributed by atoms with E-state index in [0.29, 0.717) is 0 Å². The summed E-state index contributed by atoms with van der Waals surface area (Å²) in [4.78, 5) is 1.15. The molecule has 0 saturated heterocycles. The summed E-state index contributed by atoms with van der Waals surface area (Å²) in [6.45, 7) is 0. The first-order valence-electron chi connectivity index (χ1n) is 8.55. The van der Waals surface area contributed by atoms with Crippen molar-refractivity contribution in [3.63, 3.8) is 0 Å². The van der Waals surface area contributed by atoms with Crippen molar-refractivity contribution in [2.75, 3.05) is 0 Å². The molecule has 126 valence electrons. The van der Waals surface area contributed by atoms with Crippen molar-refractivity contribution >= 4 is 11.3 Å². The van der Waals surface area contributed by atoms with Crippen LogP contribution in [-0.2, 0) is 0 Å². The summed E-state index contributed by atoms with van der Waals surface area (Å²) in [5.41, 5.74) is 4.65. The molecule has 3 aromatic carbocycles. The maximum Gasteiger partial charge on any atom is 0.268 e. The second-order valence-electron chi connectivity index (χ2n) is 6.15. The number of hydrogen-bond donors (Lipinski definition) is 0. The Morgan fingerprint density at radius 1 is 0.654 bits per heavy atom. The molecule has 1 aliphatic rings. The molecule has 2 nitrogen and oxygen atoms in total. The van der Waals surface area contributed by atoms with Crippen molar-refractivity contribution in [1.82, 2.24) is 0 Å². The van der Waals surface area contributed by atoms with Crippen LogP contribution >= 0.6 is 11.3 Å². The average Bonchev–Trinajstić information content (AvgIpc) is 3.29. The molecule has 0 aliphatic carbocycles. The quantitative estimate of drug-likeness (QED) is 0.414. The summed E-state index contributed by atoms with van der Waals surface area (Å²) in [6.07, 6.45) is -0.351. The molecule has 5 rings (SSSR count). The van der Waals surface area contributed by atoms with E-state index in [-0.39, 0.29) is 6.29 Å². The Hall–Kier alpha value is -3.04. The van der Waals surface area contributed by atoms with Crippen molar-refractivity contribution in [2.24, 2.45) is 0 Å². The molecule has 0 amide bonds. The standard InChI is InChI=1S/C23H16O2S/c1-3-9-16(10-4-1)18-13-7-8-14-19(18)21-15-20-23(26-21)25-22(24-20)17-11-5-2-6-12-17/h1-15,22H. The minimum atomic E-state index is -0.351. The van der Waals surface area contributed by atoms with Crippen LogP contribution in [0.2, 0.25) is 0 Å². The van der Waals surface area contributed by atoms with Crippen LogP contribution in [0.15, 0.2) is 91.0 Å². The normalized spacial score (nSPS) is 15.2. The van der Waals surface area contributed by atoms with Gasteiger partial charge in [-0.25, -0.2) is 0 Å². The number of rotatable bonds is 3. The maximum atomic E-state index is 6.04. The fourth-order valence-electron chi connectivity index (χ4n) is 3.20. The van der Waals surface area contributed by atoms with Crippen molar-refractivity contribution in [2.45, 2.75) is 6.29 Å². The van der Waals surface area contributed by atoms with Crippen LogP contribution in [0.25, 0.3) is 21.6 Å². The first-order chi connectivity index (χ1) is 12.9. The summed E-state index contributed by atoms with van der Waals surface area (Å²) in [7, 11) is 0. The van der Waals surface area contributed by atoms with E-state index < -0.39 is 0 Å². The number of thiophene rings is 1. The number of ether oxygens (including phenoxy) is 2. The molecule has 3 heteroatoms. The highest BCUT2D eigenvalue weighted by molar-refractivity contribution is 7.17. The Bertz CT molecular complexity index is 1010. The highest BCUT2D eigenvalue weighted by atomic mass is 32.1. The lowest BCUT2D eigenvalue weighted by atomic mass is 9.99. The molecule has 1 atom stereocenters. The van der Waals surface area contributed by atoms with Gasteiger partial charge >= 0.3 is 0 Å². The fourth-order valence-corrected chi connectivity index (χ4v) is 4.20. The monoisotopic (exact) mass is 356 g/mol. The zero-order valence-corrected chi connectivity index (χ0v) is 14.8. The van der Waals surface area contributed by atoms with E-state index in [0.717, 1.165) is 21.3 Å². The van der Waals surface area contributed by atoms with Crippen LogP contribution in [0.3, 0.4) is 0 Å². The minimum absolute atomic E-state index is 0.351. The lowest BCUT2D eigenvalue weighted by molar-refractivity contribution is 0.0502. The van der Waals surface area contributed by atoms with Crippen LogP contribution < -0.4 is 9.47 Å². The summed E-state index contributed by atoms with van der Waals surface area (Å²) < 4.78 is 12.1. The van der Waals surface area contributed by atoms with Crippen LogP contribution in [0.4, 0.5) is 0 Å². The maximum absolute atomic E-state index is 6.04. The number of hydrogen-bond acceptors (Lipinski definition) is 3. The predicted molar refractivity (Wildman–Crippen MR) is 106 cm³/mol. The fraction of sp³-hybridized carbons (Fsp3) is 0.0435. The Morgan fingerprint density at radius 3 is 2.04 bits per heavy atom. The Kier molecular flexibility index (Phi) is 3.72. The third-order valence-electron chi connectivity index (χ3n) is 4.46. The molecular formula is C23H16O2S. The molecule has 0 fully saturated rings. The van der Waals surface area contributed by atoms with Gasteiger partial charge in [0.2, 0.25) is 5.06 Å². The van der Waals surface area contributed by atoms with Crippen LogP contribution in [0, 0.1) is 0 Å². The Morgan fingerprint density at radius 2 is 1.31 bits per heavy atom. The average molecular weight is 356 g/mol. The summed E-state index contributed by atoms with van der Waals surface area (Å²) in [5.74, 6) is 0.821. The molecular weight excluding hydrogens is 340 g/mol. The second kappa shape index (κ2) is 6.36. The molecule has 0 radical (unpaired) electrons. The third-order valence-corrected chi connectivity index (χ3v) is 5.50. The van der Waals surface area contributed by atoms with Crippen LogP contribution in [-0.4, -0.2) is 0 Å². The van der Waals surface area contributed by atoms with E-state index in [2.05, 4.69) is 54.6 Å². The lowest BCUT2D eigenvalue weighted by Gasteiger charge is -2.11. The molecule has 4 aromatic rings. The highest BCUT2D eigenvalue weighted by Crippen LogP contribution is 2.50. The molecule has 2 heterocycles. The van der Waals surface area contributed by atoms with Gasteiger partial charge in [0, 0.05) is 16.5 Å². The minimum Gasteiger partial charge on any atom is -0.446 e. The molecule has 0 spiro atoms. The van der Waals surface area contributed by atoms with Gasteiger partial charge in [-0.3, -0.25) is 0 Å². The van der Waals surface area contributed by atoms with E-state index in [9.17, 15) is 0 Å². The molecule has 26 heavy (non-hydrogen) atoms. The van der Waals surface area contributed by atoms with E-state index in [4.69, 9.17) is 9.47 Å². The molecule has 0 saturated carbocycles. The van der Waals surface area contributed by atoms with Gasteiger partial charge in [-0.05, 0) is 16.7 Å². The number of fused-ring (bicyclic) bond motifs is 1. The molecule has 0 N–H and O–H groups in total. The zero-order valence-electron chi connectivity index (χ0n) is 14.0. The predicted octanol–water partition coefficient (Wildman–Crippen LogP) is 6.55. The first-order valence-corrected chi connectivity index (χ1v) is 9.37. The molecule has 1 unspecified atom stereocenters. The lowest BCUT2D eigenvalue weighted by Crippen LogP contribution is -2.07. The van der Waals surface area contributed by atoms with Gasteiger partial charge in [-0.15, -0.1) is 0 Å².